The van der Waals surface area contributed by atoms with Crippen molar-refractivity contribution < 1.29 is 21.6 Å². The first kappa shape index (κ1) is 21.1. The van der Waals surface area contributed by atoms with Crippen LogP contribution in [0.3, 0.4) is 0 Å². The summed E-state index contributed by atoms with van der Waals surface area (Å²) >= 11 is 0. The Kier molecular flexibility index (Phi) is 5.85. The Morgan fingerprint density at radius 1 is 1.10 bits per heavy atom. The van der Waals surface area contributed by atoms with Gasteiger partial charge in [-0.25, -0.2) is 16.8 Å². The number of hydrazone groups is 1. The summed E-state index contributed by atoms with van der Waals surface area (Å²) in [4.78, 5) is 0. The first-order valence-electron chi connectivity index (χ1n) is 8.95. The number of para-hydroxylation sites is 1. The molecule has 2 aromatic carbocycles. The van der Waals surface area contributed by atoms with Crippen LogP contribution in [0.2, 0.25) is 0 Å². The van der Waals surface area contributed by atoms with Crippen molar-refractivity contribution in [3.8, 4) is 5.75 Å². The predicted octanol–water partition coefficient (Wildman–Crippen LogP) is 2.57. The first-order valence-corrected chi connectivity index (χ1v) is 12.5. The third kappa shape index (κ3) is 4.70. The van der Waals surface area contributed by atoms with E-state index in [9.17, 15) is 16.8 Å². The molecule has 156 valence electrons. The zero-order chi connectivity index (χ0) is 21.2. The Balaban J connectivity index is 1.98. The van der Waals surface area contributed by atoms with Crippen molar-refractivity contribution in [2.24, 2.45) is 5.10 Å². The van der Waals surface area contributed by atoms with Crippen LogP contribution in [-0.2, 0) is 20.0 Å². The van der Waals surface area contributed by atoms with Crippen LogP contribution in [0.25, 0.3) is 0 Å². The highest BCUT2D eigenvalue weighted by Crippen LogP contribution is 2.39. The molecule has 0 aromatic heterocycles. The normalized spacial score (nSPS) is 17.1. The van der Waals surface area contributed by atoms with Crippen LogP contribution in [0.5, 0.6) is 5.75 Å². The highest BCUT2D eigenvalue weighted by atomic mass is 32.2. The second-order valence-electron chi connectivity index (χ2n) is 6.63. The number of hydrogen-bond acceptors (Lipinski definition) is 6. The van der Waals surface area contributed by atoms with Crippen LogP contribution in [0.4, 0.5) is 5.69 Å². The molecule has 8 nitrogen and oxygen atoms in total. The molecule has 1 aliphatic heterocycles. The quantitative estimate of drug-likeness (QED) is 0.717. The van der Waals surface area contributed by atoms with Gasteiger partial charge in [-0.2, -0.15) is 9.52 Å². The summed E-state index contributed by atoms with van der Waals surface area (Å²) in [5.74, 6) is 0.519. The summed E-state index contributed by atoms with van der Waals surface area (Å²) in [6, 6.07) is 13.4. The van der Waals surface area contributed by atoms with E-state index in [4.69, 9.17) is 4.74 Å². The highest BCUT2D eigenvalue weighted by molar-refractivity contribution is 7.92. The lowest BCUT2D eigenvalue weighted by atomic mass is 9.98. The van der Waals surface area contributed by atoms with Crippen molar-refractivity contribution in [1.82, 2.24) is 4.41 Å². The van der Waals surface area contributed by atoms with Gasteiger partial charge in [0.1, 0.15) is 5.75 Å². The second kappa shape index (κ2) is 8.03. The van der Waals surface area contributed by atoms with Gasteiger partial charge < -0.3 is 4.74 Å². The van der Waals surface area contributed by atoms with E-state index in [2.05, 4.69) is 9.82 Å². The third-order valence-electron chi connectivity index (χ3n) is 4.54. The number of methoxy groups -OCH3 is 1. The number of nitrogens with zero attached hydrogens (tertiary/aromatic N) is 2. The van der Waals surface area contributed by atoms with Gasteiger partial charge in [-0.1, -0.05) is 30.3 Å². The van der Waals surface area contributed by atoms with Crippen LogP contribution >= 0.6 is 0 Å². The van der Waals surface area contributed by atoms with Crippen LogP contribution in [0.15, 0.2) is 53.6 Å². The van der Waals surface area contributed by atoms with Gasteiger partial charge in [-0.3, -0.25) is 4.72 Å². The van der Waals surface area contributed by atoms with Gasteiger partial charge in [0, 0.05) is 17.7 Å². The van der Waals surface area contributed by atoms with E-state index in [0.717, 1.165) is 21.8 Å². The van der Waals surface area contributed by atoms with Gasteiger partial charge in [0.05, 0.1) is 30.9 Å². The smallest absolute Gasteiger partial charge is 0.250 e. The molecule has 29 heavy (non-hydrogen) atoms. The molecule has 0 saturated heterocycles. The van der Waals surface area contributed by atoms with Crippen molar-refractivity contribution in [2.45, 2.75) is 19.4 Å². The molecule has 0 unspecified atom stereocenters. The summed E-state index contributed by atoms with van der Waals surface area (Å²) in [6.45, 7) is 1.58. The van der Waals surface area contributed by atoms with Gasteiger partial charge in [0.2, 0.25) is 20.0 Å². The first-order chi connectivity index (χ1) is 13.6. The Morgan fingerprint density at radius 2 is 1.76 bits per heavy atom. The van der Waals surface area contributed by atoms with Crippen molar-refractivity contribution in [2.75, 3.05) is 23.8 Å². The molecule has 0 saturated carbocycles. The Bertz CT molecular complexity index is 1130. The lowest BCUT2D eigenvalue weighted by Crippen LogP contribution is -2.28. The molecule has 0 spiro atoms. The minimum Gasteiger partial charge on any atom is -0.496 e. The Morgan fingerprint density at radius 3 is 2.34 bits per heavy atom. The molecule has 0 bridgehead atoms. The zero-order valence-electron chi connectivity index (χ0n) is 16.4. The van der Waals surface area contributed by atoms with Crippen LogP contribution in [-0.4, -0.2) is 46.1 Å². The fraction of sp³-hybridized carbons (Fsp3) is 0.316. The average Bonchev–Trinajstić information content (AvgIpc) is 3.13. The minimum atomic E-state index is -3.59. The van der Waals surface area contributed by atoms with Crippen LogP contribution in [0, 0.1) is 0 Å². The van der Waals surface area contributed by atoms with E-state index in [0.29, 0.717) is 23.6 Å². The summed E-state index contributed by atoms with van der Waals surface area (Å²) in [5.41, 5.74) is 2.48. The SMILES string of the molecule is CCS(=O)(=O)N1N=C(c2ccc(NS(C)(=O)=O)cc2)C[C@H]1c1ccccc1OC. The third-order valence-corrected chi connectivity index (χ3v) is 6.78. The predicted molar refractivity (Wildman–Crippen MR) is 113 cm³/mol. The summed E-state index contributed by atoms with van der Waals surface area (Å²) in [5, 5.41) is 4.41. The molecule has 0 fully saturated rings. The van der Waals surface area contributed by atoms with Gasteiger partial charge >= 0.3 is 0 Å². The van der Waals surface area contributed by atoms with Crippen LogP contribution < -0.4 is 9.46 Å². The number of nitrogens with one attached hydrogen (secondary N) is 1. The molecular formula is C19H23N3O5S2. The van der Waals surface area contributed by atoms with E-state index < -0.39 is 26.1 Å². The van der Waals surface area contributed by atoms with Gasteiger partial charge in [-0.15, -0.1) is 0 Å². The summed E-state index contributed by atoms with van der Waals surface area (Å²) in [7, 11) is -5.43. The fourth-order valence-electron chi connectivity index (χ4n) is 3.17. The molecule has 3 rings (SSSR count). The van der Waals surface area contributed by atoms with E-state index in [1.807, 2.05) is 18.2 Å². The van der Waals surface area contributed by atoms with Gasteiger partial charge in [-0.05, 0) is 30.7 Å². The van der Waals surface area contributed by atoms with E-state index in [1.165, 1.54) is 0 Å². The molecule has 10 heteroatoms. The Hall–Kier alpha value is -2.59. The number of benzene rings is 2. The number of sulfonamides is 2. The van der Waals surface area contributed by atoms with E-state index >= 15 is 0 Å². The molecule has 1 heterocycles. The lowest BCUT2D eigenvalue weighted by Gasteiger charge is -2.24. The van der Waals surface area contributed by atoms with Crippen molar-refractivity contribution in [3.05, 3.63) is 59.7 Å². The molecule has 1 aliphatic rings. The minimum absolute atomic E-state index is 0.0767. The maximum Gasteiger partial charge on any atom is 0.250 e. The molecule has 0 aliphatic carbocycles. The molecular weight excluding hydrogens is 414 g/mol. The maximum absolute atomic E-state index is 12.7. The molecule has 0 amide bonds. The fourth-order valence-corrected chi connectivity index (χ4v) is 4.80. The molecule has 0 radical (unpaired) electrons. The lowest BCUT2D eigenvalue weighted by molar-refractivity contribution is 0.350. The maximum atomic E-state index is 12.7. The number of ether oxygens (including phenoxy) is 1. The monoisotopic (exact) mass is 437 g/mol. The topological polar surface area (TPSA) is 105 Å². The molecule has 1 atom stereocenters. The molecule has 2 aromatic rings. The number of rotatable bonds is 7. The average molecular weight is 438 g/mol. The summed E-state index contributed by atoms with van der Waals surface area (Å²) < 4.78 is 57.1. The standard InChI is InChI=1S/C19H23N3O5S2/c1-4-29(25,26)22-18(16-7-5-6-8-19(16)27-2)13-17(20-22)14-9-11-15(12-10-14)21-28(3,23)24/h5-12,18,21H,4,13H2,1-3H3/t18-/m0/s1. The van der Waals surface area contributed by atoms with Crippen molar-refractivity contribution >= 4 is 31.4 Å². The molecule has 1 N–H and O–H groups in total. The van der Waals surface area contributed by atoms with Gasteiger partial charge in [0.15, 0.2) is 0 Å². The van der Waals surface area contributed by atoms with Crippen molar-refractivity contribution in [3.63, 3.8) is 0 Å². The second-order valence-corrected chi connectivity index (χ2v) is 10.5. The van der Waals surface area contributed by atoms with E-state index in [1.54, 1.807) is 44.4 Å². The van der Waals surface area contributed by atoms with Crippen molar-refractivity contribution in [1.29, 1.82) is 0 Å². The number of anilines is 1. The Labute approximate surface area is 171 Å². The van der Waals surface area contributed by atoms with Gasteiger partial charge in [0.25, 0.3) is 0 Å². The highest BCUT2D eigenvalue weighted by Gasteiger charge is 2.37. The summed E-state index contributed by atoms with van der Waals surface area (Å²) in [6.07, 6.45) is 1.45. The zero-order valence-corrected chi connectivity index (χ0v) is 18.0. The largest absolute Gasteiger partial charge is 0.496 e. The van der Waals surface area contributed by atoms with Crippen LogP contribution in [0.1, 0.15) is 30.5 Å². The number of hydrogen-bond donors (Lipinski definition) is 1. The van der Waals surface area contributed by atoms with E-state index in [-0.39, 0.29) is 5.75 Å².